The average molecular weight is 222 g/mol. The predicted molar refractivity (Wildman–Crippen MR) is 60.4 cm³/mol. The molecule has 88 valence electrons. The molecule has 0 radical (unpaired) electrons. The smallest absolute Gasteiger partial charge is 0.341 e. The van der Waals surface area contributed by atoms with Crippen LogP contribution in [0.25, 0.3) is 0 Å². The Kier molecular flexibility index (Phi) is 3.27. The normalized spacial score (nSPS) is 17.4. The van der Waals surface area contributed by atoms with Crippen LogP contribution in [0.2, 0.25) is 0 Å². The molecule has 1 saturated carbocycles. The number of methoxy groups -OCH3 is 1. The van der Waals surface area contributed by atoms with Crippen molar-refractivity contribution in [3.63, 3.8) is 0 Å². The van der Waals surface area contributed by atoms with Gasteiger partial charge in [-0.15, -0.1) is 0 Å². The lowest BCUT2D eigenvalue weighted by Crippen LogP contribution is -2.16. The van der Waals surface area contributed by atoms with Crippen molar-refractivity contribution in [2.45, 2.75) is 45.1 Å². The summed E-state index contributed by atoms with van der Waals surface area (Å²) >= 11 is 0. The van der Waals surface area contributed by atoms with Gasteiger partial charge in [0.05, 0.1) is 25.0 Å². The second-order valence-electron chi connectivity index (χ2n) is 4.37. The van der Waals surface area contributed by atoms with Crippen LogP contribution in [0.4, 0.5) is 0 Å². The van der Waals surface area contributed by atoms with E-state index in [4.69, 9.17) is 4.74 Å². The fraction of sp³-hybridized carbons (Fsp3) is 0.667. The van der Waals surface area contributed by atoms with Gasteiger partial charge < -0.3 is 4.74 Å². The molecule has 1 aliphatic rings. The van der Waals surface area contributed by atoms with Crippen molar-refractivity contribution in [1.29, 1.82) is 0 Å². The molecule has 0 spiro atoms. The highest BCUT2D eigenvalue weighted by molar-refractivity contribution is 5.90. The standard InChI is InChI=1S/C12H18N2O2/c1-9-11(12(15)16-2)8-13-14(9)10-6-4-3-5-7-10/h8,10H,3-7H2,1-2H3. The van der Waals surface area contributed by atoms with Gasteiger partial charge in [0, 0.05) is 0 Å². The number of ether oxygens (including phenoxy) is 1. The van der Waals surface area contributed by atoms with E-state index in [0.717, 1.165) is 5.69 Å². The monoisotopic (exact) mass is 222 g/mol. The van der Waals surface area contributed by atoms with E-state index in [9.17, 15) is 4.79 Å². The summed E-state index contributed by atoms with van der Waals surface area (Å²) in [5, 5.41) is 4.32. The van der Waals surface area contributed by atoms with E-state index in [1.165, 1.54) is 39.2 Å². The number of hydrogen-bond donors (Lipinski definition) is 0. The summed E-state index contributed by atoms with van der Waals surface area (Å²) in [7, 11) is 1.40. The molecule has 0 aromatic carbocycles. The minimum atomic E-state index is -0.292. The molecule has 4 heteroatoms. The number of hydrogen-bond acceptors (Lipinski definition) is 3. The van der Waals surface area contributed by atoms with Crippen LogP contribution < -0.4 is 0 Å². The van der Waals surface area contributed by atoms with Crippen molar-refractivity contribution in [3.8, 4) is 0 Å². The average Bonchev–Trinajstić information content (AvgIpc) is 2.71. The summed E-state index contributed by atoms with van der Waals surface area (Å²) in [6.45, 7) is 1.94. The third-order valence-electron chi connectivity index (χ3n) is 3.37. The van der Waals surface area contributed by atoms with E-state index in [2.05, 4.69) is 5.10 Å². The quantitative estimate of drug-likeness (QED) is 0.722. The molecule has 2 rings (SSSR count). The van der Waals surface area contributed by atoms with E-state index in [1.807, 2.05) is 11.6 Å². The molecule has 1 fully saturated rings. The Morgan fingerprint density at radius 2 is 2.12 bits per heavy atom. The zero-order valence-corrected chi connectivity index (χ0v) is 9.90. The van der Waals surface area contributed by atoms with Crippen LogP contribution >= 0.6 is 0 Å². The highest BCUT2D eigenvalue weighted by Gasteiger charge is 2.21. The van der Waals surface area contributed by atoms with Gasteiger partial charge in [0.1, 0.15) is 5.56 Å². The Hall–Kier alpha value is -1.32. The Labute approximate surface area is 95.6 Å². The summed E-state index contributed by atoms with van der Waals surface area (Å²) in [6, 6.07) is 0.465. The van der Waals surface area contributed by atoms with E-state index in [-0.39, 0.29) is 5.97 Å². The van der Waals surface area contributed by atoms with Crippen LogP contribution in [-0.4, -0.2) is 22.9 Å². The molecule has 0 atom stereocenters. The third kappa shape index (κ3) is 1.96. The lowest BCUT2D eigenvalue weighted by atomic mass is 9.95. The molecule has 1 aliphatic carbocycles. The minimum absolute atomic E-state index is 0.292. The molecule has 16 heavy (non-hydrogen) atoms. The first-order valence-corrected chi connectivity index (χ1v) is 5.86. The molecule has 0 aliphatic heterocycles. The van der Waals surface area contributed by atoms with Crippen molar-refractivity contribution in [3.05, 3.63) is 17.5 Å². The topological polar surface area (TPSA) is 44.1 Å². The number of carbonyl (C=O) groups is 1. The van der Waals surface area contributed by atoms with E-state index >= 15 is 0 Å². The van der Waals surface area contributed by atoms with Crippen LogP contribution in [0.5, 0.6) is 0 Å². The highest BCUT2D eigenvalue weighted by atomic mass is 16.5. The molecule has 0 bridgehead atoms. The van der Waals surface area contributed by atoms with Gasteiger partial charge >= 0.3 is 5.97 Å². The second-order valence-corrected chi connectivity index (χ2v) is 4.37. The fourth-order valence-corrected chi connectivity index (χ4v) is 2.43. The molecule has 0 unspecified atom stereocenters. The van der Waals surface area contributed by atoms with Crippen molar-refractivity contribution >= 4 is 5.97 Å². The first kappa shape index (κ1) is 11.2. The highest BCUT2D eigenvalue weighted by Crippen LogP contribution is 2.29. The van der Waals surface area contributed by atoms with Crippen LogP contribution in [0.1, 0.15) is 54.2 Å². The lowest BCUT2D eigenvalue weighted by Gasteiger charge is -2.23. The fourth-order valence-electron chi connectivity index (χ4n) is 2.43. The Balaban J connectivity index is 2.21. The summed E-state index contributed by atoms with van der Waals surface area (Å²) in [4.78, 5) is 11.5. The maximum Gasteiger partial charge on any atom is 0.341 e. The Morgan fingerprint density at radius 1 is 1.44 bits per heavy atom. The van der Waals surface area contributed by atoms with Crippen LogP contribution in [0.3, 0.4) is 0 Å². The van der Waals surface area contributed by atoms with Gasteiger partial charge in [-0.2, -0.15) is 5.10 Å². The van der Waals surface area contributed by atoms with Gasteiger partial charge in [-0.05, 0) is 19.8 Å². The number of carbonyl (C=O) groups excluding carboxylic acids is 1. The van der Waals surface area contributed by atoms with Crippen molar-refractivity contribution in [1.82, 2.24) is 9.78 Å². The Bertz CT molecular complexity index is 378. The van der Waals surface area contributed by atoms with Crippen LogP contribution in [0, 0.1) is 6.92 Å². The van der Waals surface area contributed by atoms with E-state index in [0.29, 0.717) is 11.6 Å². The number of nitrogens with zero attached hydrogens (tertiary/aromatic N) is 2. The van der Waals surface area contributed by atoms with Gasteiger partial charge in [-0.25, -0.2) is 4.79 Å². The maximum absolute atomic E-state index is 11.5. The molecule has 1 aromatic rings. The summed E-state index contributed by atoms with van der Waals surface area (Å²) < 4.78 is 6.72. The molecular weight excluding hydrogens is 204 g/mol. The predicted octanol–water partition coefficient (Wildman–Crippen LogP) is 2.48. The molecule has 1 heterocycles. The SMILES string of the molecule is COC(=O)c1cnn(C2CCCCC2)c1C. The lowest BCUT2D eigenvalue weighted by molar-refractivity contribution is 0.0599. The van der Waals surface area contributed by atoms with Gasteiger partial charge in [0.2, 0.25) is 0 Å². The molecule has 0 amide bonds. The third-order valence-corrected chi connectivity index (χ3v) is 3.37. The van der Waals surface area contributed by atoms with Crippen molar-refractivity contribution in [2.75, 3.05) is 7.11 Å². The first-order chi connectivity index (χ1) is 7.74. The number of aromatic nitrogens is 2. The Morgan fingerprint density at radius 3 is 2.75 bits per heavy atom. The number of esters is 1. The van der Waals surface area contributed by atoms with Gasteiger partial charge in [-0.1, -0.05) is 19.3 Å². The van der Waals surface area contributed by atoms with Gasteiger partial charge in [0.15, 0.2) is 0 Å². The molecular formula is C12H18N2O2. The number of rotatable bonds is 2. The van der Waals surface area contributed by atoms with Gasteiger partial charge in [0.25, 0.3) is 0 Å². The van der Waals surface area contributed by atoms with Gasteiger partial charge in [-0.3, -0.25) is 4.68 Å². The largest absolute Gasteiger partial charge is 0.465 e. The zero-order valence-electron chi connectivity index (χ0n) is 9.90. The minimum Gasteiger partial charge on any atom is -0.465 e. The van der Waals surface area contributed by atoms with Crippen LogP contribution in [-0.2, 0) is 4.74 Å². The van der Waals surface area contributed by atoms with Crippen molar-refractivity contribution in [2.24, 2.45) is 0 Å². The zero-order chi connectivity index (χ0) is 11.5. The first-order valence-electron chi connectivity index (χ1n) is 5.86. The van der Waals surface area contributed by atoms with Crippen molar-refractivity contribution < 1.29 is 9.53 Å². The summed E-state index contributed by atoms with van der Waals surface area (Å²) in [5.41, 5.74) is 1.52. The van der Waals surface area contributed by atoms with E-state index < -0.39 is 0 Å². The maximum atomic E-state index is 11.5. The summed E-state index contributed by atoms with van der Waals surface area (Å²) in [6.07, 6.45) is 7.80. The van der Waals surface area contributed by atoms with Crippen LogP contribution in [0.15, 0.2) is 6.20 Å². The molecule has 0 saturated heterocycles. The molecule has 1 aromatic heterocycles. The summed E-state index contributed by atoms with van der Waals surface area (Å²) in [5.74, 6) is -0.292. The molecule has 4 nitrogen and oxygen atoms in total. The molecule has 0 N–H and O–H groups in total. The van der Waals surface area contributed by atoms with E-state index in [1.54, 1.807) is 6.20 Å². The second kappa shape index (κ2) is 4.68.